The van der Waals surface area contributed by atoms with E-state index in [2.05, 4.69) is 0 Å². The number of halogens is 1. The lowest BCUT2D eigenvalue weighted by atomic mass is 10.2. The highest BCUT2D eigenvalue weighted by Crippen LogP contribution is 1.99. The number of nitrogens with two attached hydrogens (primary N) is 1. The van der Waals surface area contributed by atoms with Crippen LogP contribution in [0, 0.1) is 6.92 Å². The van der Waals surface area contributed by atoms with Gasteiger partial charge in [0, 0.05) is 18.0 Å². The molecule has 0 fully saturated rings. The second-order valence-electron chi connectivity index (χ2n) is 2.94. The maximum absolute atomic E-state index is 12.1. The Labute approximate surface area is 80.1 Å². The third-order valence-corrected chi connectivity index (χ3v) is 1.93. The summed E-state index contributed by atoms with van der Waals surface area (Å²) in [5, 5.41) is 0. The van der Waals surface area contributed by atoms with Crippen LogP contribution < -0.4 is 11.2 Å². The summed E-state index contributed by atoms with van der Waals surface area (Å²) in [6.07, 6.45) is 1.29. The molecule has 14 heavy (non-hydrogen) atoms. The molecule has 2 N–H and O–H groups in total. The van der Waals surface area contributed by atoms with Crippen molar-refractivity contribution in [3.05, 3.63) is 33.7 Å². The zero-order valence-corrected chi connectivity index (χ0v) is 7.79. The van der Waals surface area contributed by atoms with Crippen molar-refractivity contribution in [3.8, 4) is 0 Å². The number of carbonyl (C=O) groups is 1. The van der Waals surface area contributed by atoms with E-state index < -0.39 is 18.0 Å². The summed E-state index contributed by atoms with van der Waals surface area (Å²) in [5.41, 5.74) is 5.06. The Morgan fingerprint density at radius 1 is 1.64 bits per heavy atom. The van der Waals surface area contributed by atoms with Crippen molar-refractivity contribution in [1.29, 1.82) is 0 Å². The standard InChI is InChI=1S/C9H11FN2O2/c1-6-4-8(13)7(9(11)14)5-12(6)3-2-10/h4-5H,2-3H2,1H3,(H2,11,14). The second kappa shape index (κ2) is 4.04. The van der Waals surface area contributed by atoms with Crippen LogP contribution >= 0.6 is 0 Å². The number of aromatic nitrogens is 1. The van der Waals surface area contributed by atoms with Crippen molar-refractivity contribution in [2.45, 2.75) is 13.5 Å². The van der Waals surface area contributed by atoms with E-state index in [1.165, 1.54) is 16.8 Å². The molecular formula is C9H11FN2O2. The number of hydrogen-bond donors (Lipinski definition) is 1. The number of amides is 1. The van der Waals surface area contributed by atoms with Gasteiger partial charge >= 0.3 is 0 Å². The van der Waals surface area contributed by atoms with Crippen LogP contribution in [0.15, 0.2) is 17.1 Å². The molecule has 0 aliphatic heterocycles. The normalized spacial score (nSPS) is 10.1. The highest BCUT2D eigenvalue weighted by atomic mass is 19.1. The number of aryl methyl sites for hydroxylation is 2. The number of hydrogen-bond acceptors (Lipinski definition) is 2. The molecule has 4 nitrogen and oxygen atoms in total. The van der Waals surface area contributed by atoms with Crippen LogP contribution in [0.4, 0.5) is 4.39 Å². The molecule has 5 heteroatoms. The minimum atomic E-state index is -0.789. The van der Waals surface area contributed by atoms with Gasteiger partial charge in [0.15, 0.2) is 5.43 Å². The number of nitrogens with zero attached hydrogens (tertiary/aromatic N) is 1. The lowest BCUT2D eigenvalue weighted by Crippen LogP contribution is -2.24. The van der Waals surface area contributed by atoms with Gasteiger partial charge in [0.2, 0.25) is 0 Å². The monoisotopic (exact) mass is 198 g/mol. The second-order valence-corrected chi connectivity index (χ2v) is 2.94. The third-order valence-electron chi connectivity index (χ3n) is 1.93. The lowest BCUT2D eigenvalue weighted by molar-refractivity contribution is 0.0998. The van der Waals surface area contributed by atoms with E-state index in [9.17, 15) is 14.0 Å². The summed E-state index contributed by atoms with van der Waals surface area (Å²) in [6, 6.07) is 1.27. The fourth-order valence-corrected chi connectivity index (χ4v) is 1.19. The molecule has 0 aromatic carbocycles. The SMILES string of the molecule is Cc1cc(=O)c(C(N)=O)cn1CCF. The van der Waals surface area contributed by atoms with Crippen molar-refractivity contribution in [3.63, 3.8) is 0 Å². The van der Waals surface area contributed by atoms with E-state index in [4.69, 9.17) is 5.73 Å². The molecule has 0 aliphatic carbocycles. The average molecular weight is 198 g/mol. The molecule has 1 rings (SSSR count). The zero-order chi connectivity index (χ0) is 10.7. The molecule has 0 unspecified atom stereocenters. The first-order valence-corrected chi connectivity index (χ1v) is 4.13. The van der Waals surface area contributed by atoms with E-state index in [1.54, 1.807) is 6.92 Å². The third kappa shape index (κ3) is 1.99. The first-order valence-electron chi connectivity index (χ1n) is 4.13. The summed E-state index contributed by atoms with van der Waals surface area (Å²) < 4.78 is 13.6. The Kier molecular flexibility index (Phi) is 3.01. The van der Waals surface area contributed by atoms with Crippen molar-refractivity contribution < 1.29 is 9.18 Å². The van der Waals surface area contributed by atoms with Gasteiger partial charge in [-0.25, -0.2) is 4.39 Å². The molecule has 1 heterocycles. The highest BCUT2D eigenvalue weighted by molar-refractivity contribution is 5.92. The van der Waals surface area contributed by atoms with Gasteiger partial charge in [-0.2, -0.15) is 0 Å². The molecular weight excluding hydrogens is 187 g/mol. The predicted octanol–water partition coefficient (Wildman–Crippen LogP) is 0.225. The predicted molar refractivity (Wildman–Crippen MR) is 49.9 cm³/mol. The van der Waals surface area contributed by atoms with Crippen LogP contribution in [-0.2, 0) is 6.54 Å². The van der Waals surface area contributed by atoms with Crippen molar-refractivity contribution in [2.75, 3.05) is 6.67 Å². The van der Waals surface area contributed by atoms with Crippen LogP contribution in [0.2, 0.25) is 0 Å². The quantitative estimate of drug-likeness (QED) is 0.755. The van der Waals surface area contributed by atoms with E-state index in [0.29, 0.717) is 5.69 Å². The van der Waals surface area contributed by atoms with Gasteiger partial charge < -0.3 is 10.3 Å². The number of rotatable bonds is 3. The van der Waals surface area contributed by atoms with Crippen molar-refractivity contribution >= 4 is 5.91 Å². The first-order chi connectivity index (χ1) is 6.56. The minimum Gasteiger partial charge on any atom is -0.365 e. The maximum atomic E-state index is 12.1. The van der Waals surface area contributed by atoms with Crippen LogP contribution in [0.1, 0.15) is 16.1 Å². The topological polar surface area (TPSA) is 65.1 Å². The number of carbonyl (C=O) groups excluding carboxylic acids is 1. The Balaban J connectivity index is 3.27. The summed E-state index contributed by atoms with van der Waals surface area (Å²) in [7, 11) is 0. The smallest absolute Gasteiger partial charge is 0.254 e. The summed E-state index contributed by atoms with van der Waals surface area (Å²) in [5.74, 6) is -0.789. The van der Waals surface area contributed by atoms with Crippen LogP contribution in [-0.4, -0.2) is 17.1 Å². The van der Waals surface area contributed by atoms with E-state index >= 15 is 0 Å². The number of primary amides is 1. The zero-order valence-electron chi connectivity index (χ0n) is 7.79. The molecule has 1 aromatic rings. The van der Waals surface area contributed by atoms with Crippen LogP contribution in [0.5, 0.6) is 0 Å². The number of pyridine rings is 1. The first kappa shape index (κ1) is 10.4. The Morgan fingerprint density at radius 2 is 2.29 bits per heavy atom. The Bertz CT molecular complexity index is 412. The maximum Gasteiger partial charge on any atom is 0.254 e. The van der Waals surface area contributed by atoms with Gasteiger partial charge in [-0.05, 0) is 6.92 Å². The fourth-order valence-electron chi connectivity index (χ4n) is 1.19. The van der Waals surface area contributed by atoms with Crippen molar-refractivity contribution in [2.24, 2.45) is 5.73 Å². The molecule has 1 aromatic heterocycles. The van der Waals surface area contributed by atoms with Crippen LogP contribution in [0.25, 0.3) is 0 Å². The molecule has 0 bridgehead atoms. The molecule has 0 spiro atoms. The van der Waals surface area contributed by atoms with Gasteiger partial charge in [0.05, 0.1) is 6.54 Å². The van der Waals surface area contributed by atoms with Gasteiger partial charge in [-0.3, -0.25) is 9.59 Å². The molecule has 0 atom stereocenters. The molecule has 1 amide bonds. The largest absolute Gasteiger partial charge is 0.365 e. The summed E-state index contributed by atoms with van der Waals surface area (Å²) >= 11 is 0. The molecule has 0 aliphatic rings. The van der Waals surface area contributed by atoms with E-state index in [0.717, 1.165) is 0 Å². The van der Waals surface area contributed by atoms with Gasteiger partial charge in [0.25, 0.3) is 5.91 Å². The van der Waals surface area contributed by atoms with E-state index in [1.807, 2.05) is 0 Å². The molecule has 76 valence electrons. The van der Waals surface area contributed by atoms with Crippen molar-refractivity contribution in [1.82, 2.24) is 4.57 Å². The lowest BCUT2D eigenvalue weighted by Gasteiger charge is -2.08. The van der Waals surface area contributed by atoms with Gasteiger partial charge in [0.1, 0.15) is 12.2 Å². The van der Waals surface area contributed by atoms with Gasteiger partial charge in [-0.15, -0.1) is 0 Å². The molecule has 0 radical (unpaired) electrons. The molecule has 0 saturated carbocycles. The van der Waals surface area contributed by atoms with Crippen LogP contribution in [0.3, 0.4) is 0 Å². The average Bonchev–Trinajstić information content (AvgIpc) is 2.09. The van der Waals surface area contributed by atoms with Gasteiger partial charge in [-0.1, -0.05) is 0 Å². The Hall–Kier alpha value is -1.65. The highest BCUT2D eigenvalue weighted by Gasteiger charge is 2.08. The summed E-state index contributed by atoms with van der Waals surface area (Å²) in [4.78, 5) is 22.0. The minimum absolute atomic E-state index is 0.107. The number of alkyl halides is 1. The molecule has 0 saturated heterocycles. The summed E-state index contributed by atoms with van der Waals surface area (Å²) in [6.45, 7) is 1.23. The Morgan fingerprint density at radius 3 is 2.79 bits per heavy atom. The fraction of sp³-hybridized carbons (Fsp3) is 0.333. The van der Waals surface area contributed by atoms with E-state index in [-0.39, 0.29) is 12.1 Å².